The summed E-state index contributed by atoms with van der Waals surface area (Å²) in [5, 5.41) is 0. The van der Waals surface area contributed by atoms with Crippen molar-refractivity contribution in [1.29, 1.82) is 0 Å². The van der Waals surface area contributed by atoms with Crippen LogP contribution in [0.5, 0.6) is 0 Å². The first-order valence-corrected chi connectivity index (χ1v) is 7.44. The van der Waals surface area contributed by atoms with E-state index in [9.17, 15) is 4.79 Å². The summed E-state index contributed by atoms with van der Waals surface area (Å²) in [6, 6.07) is 14.7. The van der Waals surface area contributed by atoms with Crippen LogP contribution >= 0.6 is 0 Å². The maximum absolute atomic E-state index is 12.6. The van der Waals surface area contributed by atoms with Crippen molar-refractivity contribution in [2.45, 2.75) is 33.1 Å². The second kappa shape index (κ2) is 5.24. The minimum Gasteiger partial charge on any atom is -0.294 e. The summed E-state index contributed by atoms with van der Waals surface area (Å²) in [6.45, 7) is 4.23. The van der Waals surface area contributed by atoms with Crippen molar-refractivity contribution in [2.75, 3.05) is 0 Å². The van der Waals surface area contributed by atoms with E-state index in [0.717, 1.165) is 36.0 Å². The molecule has 1 atom stereocenters. The highest BCUT2D eigenvalue weighted by Crippen LogP contribution is 2.36. The molecule has 3 rings (SSSR count). The van der Waals surface area contributed by atoms with Crippen LogP contribution in [0, 0.1) is 12.8 Å². The number of ketones is 1. The highest BCUT2D eigenvalue weighted by Gasteiger charge is 2.31. The van der Waals surface area contributed by atoms with Gasteiger partial charge in [-0.15, -0.1) is 0 Å². The number of Topliss-reactive ketones (excluding diaryl/α,β-unsaturated/α-hetero) is 1. The third kappa shape index (κ3) is 2.18. The number of hydrogen-bond acceptors (Lipinski definition) is 1. The second-order valence-electron chi connectivity index (χ2n) is 5.76. The molecule has 0 spiro atoms. The van der Waals surface area contributed by atoms with Crippen LogP contribution in [0.25, 0.3) is 11.1 Å². The highest BCUT2D eigenvalue weighted by molar-refractivity contribution is 6.07. The highest BCUT2D eigenvalue weighted by atomic mass is 16.1. The van der Waals surface area contributed by atoms with Crippen molar-refractivity contribution >= 4 is 5.78 Å². The molecule has 0 aromatic heterocycles. The Morgan fingerprint density at radius 3 is 2.55 bits per heavy atom. The molecule has 0 saturated carbocycles. The van der Waals surface area contributed by atoms with E-state index in [1.807, 2.05) is 0 Å². The van der Waals surface area contributed by atoms with Crippen molar-refractivity contribution < 1.29 is 4.79 Å². The third-order valence-electron chi connectivity index (χ3n) is 4.23. The van der Waals surface area contributed by atoms with E-state index in [0.29, 0.717) is 5.78 Å². The van der Waals surface area contributed by atoms with E-state index in [1.54, 1.807) is 0 Å². The predicted molar refractivity (Wildman–Crippen MR) is 83.0 cm³/mol. The van der Waals surface area contributed by atoms with Gasteiger partial charge in [-0.05, 0) is 36.5 Å². The summed E-state index contributed by atoms with van der Waals surface area (Å²) in [6.07, 6.45) is 2.99. The first kappa shape index (κ1) is 13.1. The Morgan fingerprint density at radius 1 is 1.10 bits per heavy atom. The number of rotatable bonds is 3. The number of benzene rings is 2. The van der Waals surface area contributed by atoms with Gasteiger partial charge in [-0.25, -0.2) is 0 Å². The summed E-state index contributed by atoms with van der Waals surface area (Å²) >= 11 is 0. The zero-order chi connectivity index (χ0) is 14.1. The Morgan fingerprint density at radius 2 is 1.85 bits per heavy atom. The smallest absolute Gasteiger partial charge is 0.167 e. The van der Waals surface area contributed by atoms with E-state index in [1.165, 1.54) is 11.1 Å². The van der Waals surface area contributed by atoms with Crippen LogP contribution in [0.3, 0.4) is 0 Å². The lowest BCUT2D eigenvalue weighted by Crippen LogP contribution is -2.08. The number of fused-ring (bicyclic) bond motifs is 1. The molecule has 0 aliphatic heterocycles. The van der Waals surface area contributed by atoms with Gasteiger partial charge in [-0.1, -0.05) is 61.4 Å². The normalized spacial score (nSPS) is 17.3. The molecule has 0 amide bonds. The Kier molecular flexibility index (Phi) is 3.43. The van der Waals surface area contributed by atoms with Crippen molar-refractivity contribution in [3.63, 3.8) is 0 Å². The molecule has 1 aliphatic rings. The molecule has 2 aromatic carbocycles. The van der Waals surface area contributed by atoms with E-state index in [2.05, 4.69) is 56.3 Å². The van der Waals surface area contributed by atoms with Crippen LogP contribution in [0.2, 0.25) is 0 Å². The fourth-order valence-electron chi connectivity index (χ4n) is 3.18. The molecule has 0 heterocycles. The standard InChI is InChI=1S/C19H20O/c1-3-5-16-12-15-6-4-7-17(18(15)19(16)20)14-10-8-13(2)9-11-14/h4,6-11,16H,3,5,12H2,1-2H3. The minimum atomic E-state index is 0.196. The van der Waals surface area contributed by atoms with Crippen LogP contribution in [-0.2, 0) is 6.42 Å². The molecule has 1 heteroatoms. The average molecular weight is 264 g/mol. The van der Waals surface area contributed by atoms with Gasteiger partial charge in [0.15, 0.2) is 5.78 Å². The molecule has 1 aliphatic carbocycles. The van der Waals surface area contributed by atoms with Crippen LogP contribution in [-0.4, -0.2) is 5.78 Å². The van der Waals surface area contributed by atoms with Crippen LogP contribution in [0.15, 0.2) is 42.5 Å². The predicted octanol–water partition coefficient (Wildman–Crippen LogP) is 4.82. The van der Waals surface area contributed by atoms with Gasteiger partial charge in [0.1, 0.15) is 0 Å². The fraction of sp³-hybridized carbons (Fsp3) is 0.316. The summed E-state index contributed by atoms with van der Waals surface area (Å²) < 4.78 is 0. The molecular formula is C19H20O. The van der Waals surface area contributed by atoms with Crippen LogP contribution in [0.4, 0.5) is 0 Å². The van der Waals surface area contributed by atoms with Gasteiger partial charge >= 0.3 is 0 Å². The van der Waals surface area contributed by atoms with Crippen molar-refractivity contribution in [3.8, 4) is 11.1 Å². The molecule has 2 aromatic rings. The van der Waals surface area contributed by atoms with Crippen molar-refractivity contribution in [2.24, 2.45) is 5.92 Å². The van der Waals surface area contributed by atoms with Crippen LogP contribution in [0.1, 0.15) is 41.3 Å². The maximum atomic E-state index is 12.6. The summed E-state index contributed by atoms with van der Waals surface area (Å²) in [4.78, 5) is 12.6. The molecule has 0 radical (unpaired) electrons. The van der Waals surface area contributed by atoms with Crippen molar-refractivity contribution in [3.05, 3.63) is 59.2 Å². The number of hydrogen-bond donors (Lipinski definition) is 0. The quantitative estimate of drug-likeness (QED) is 0.777. The zero-order valence-electron chi connectivity index (χ0n) is 12.1. The van der Waals surface area contributed by atoms with Gasteiger partial charge in [0.05, 0.1) is 0 Å². The minimum absolute atomic E-state index is 0.196. The third-order valence-corrected chi connectivity index (χ3v) is 4.23. The van der Waals surface area contributed by atoms with E-state index < -0.39 is 0 Å². The Balaban J connectivity index is 2.06. The maximum Gasteiger partial charge on any atom is 0.167 e. The summed E-state index contributed by atoms with van der Waals surface area (Å²) in [5.41, 5.74) is 5.70. The number of carbonyl (C=O) groups is 1. The molecule has 102 valence electrons. The van der Waals surface area contributed by atoms with Gasteiger partial charge in [0.2, 0.25) is 0 Å². The zero-order valence-corrected chi connectivity index (χ0v) is 12.1. The lowest BCUT2D eigenvalue weighted by molar-refractivity contribution is 0.0931. The fourth-order valence-corrected chi connectivity index (χ4v) is 3.18. The van der Waals surface area contributed by atoms with Crippen molar-refractivity contribution in [1.82, 2.24) is 0 Å². The number of aryl methyl sites for hydroxylation is 1. The van der Waals surface area contributed by atoms with Gasteiger partial charge in [-0.3, -0.25) is 4.79 Å². The summed E-state index contributed by atoms with van der Waals surface area (Å²) in [7, 11) is 0. The lowest BCUT2D eigenvalue weighted by Gasteiger charge is -2.08. The topological polar surface area (TPSA) is 17.1 Å². The molecule has 1 nitrogen and oxygen atoms in total. The molecule has 20 heavy (non-hydrogen) atoms. The second-order valence-corrected chi connectivity index (χ2v) is 5.76. The van der Waals surface area contributed by atoms with Crippen LogP contribution < -0.4 is 0 Å². The first-order chi connectivity index (χ1) is 9.70. The molecule has 0 N–H and O–H groups in total. The monoisotopic (exact) mass is 264 g/mol. The van der Waals surface area contributed by atoms with E-state index >= 15 is 0 Å². The van der Waals surface area contributed by atoms with Gasteiger partial charge in [-0.2, -0.15) is 0 Å². The Labute approximate surface area is 120 Å². The molecule has 1 unspecified atom stereocenters. The lowest BCUT2D eigenvalue weighted by atomic mass is 9.94. The number of carbonyl (C=O) groups excluding carboxylic acids is 1. The first-order valence-electron chi connectivity index (χ1n) is 7.44. The Bertz CT molecular complexity index is 637. The summed E-state index contributed by atoms with van der Waals surface area (Å²) in [5.74, 6) is 0.541. The molecular weight excluding hydrogens is 244 g/mol. The molecule has 0 fully saturated rings. The largest absolute Gasteiger partial charge is 0.294 e. The van der Waals surface area contributed by atoms with Gasteiger partial charge in [0.25, 0.3) is 0 Å². The Hall–Kier alpha value is -1.89. The SMILES string of the molecule is CCCC1Cc2cccc(-c3ccc(C)cc3)c2C1=O. The van der Waals surface area contributed by atoms with Gasteiger partial charge in [0, 0.05) is 11.5 Å². The van der Waals surface area contributed by atoms with E-state index in [4.69, 9.17) is 0 Å². The molecule has 0 bridgehead atoms. The van der Waals surface area contributed by atoms with Gasteiger partial charge < -0.3 is 0 Å². The molecule has 0 saturated heterocycles. The van der Waals surface area contributed by atoms with E-state index in [-0.39, 0.29) is 5.92 Å². The average Bonchev–Trinajstić information content (AvgIpc) is 2.77.